The van der Waals surface area contributed by atoms with E-state index in [4.69, 9.17) is 16.3 Å². The van der Waals surface area contributed by atoms with Crippen LogP contribution in [-0.2, 0) is 4.74 Å². The molecular formula is C15H15ClN2OS. The molecule has 0 amide bonds. The predicted octanol–water partition coefficient (Wildman–Crippen LogP) is 3.72. The summed E-state index contributed by atoms with van der Waals surface area (Å²) in [6.45, 7) is 3.33. The third-order valence-electron chi connectivity index (χ3n) is 3.10. The second kappa shape index (κ2) is 6.48. The van der Waals surface area contributed by atoms with Crippen molar-refractivity contribution >= 4 is 29.1 Å². The summed E-state index contributed by atoms with van der Waals surface area (Å²) in [6, 6.07) is 14.2. The van der Waals surface area contributed by atoms with Gasteiger partial charge in [0.1, 0.15) is 10.2 Å². The van der Waals surface area contributed by atoms with Crippen LogP contribution in [0, 0.1) is 0 Å². The van der Waals surface area contributed by atoms with Gasteiger partial charge in [-0.25, -0.2) is 4.98 Å². The van der Waals surface area contributed by atoms with Crippen LogP contribution >= 0.6 is 23.4 Å². The minimum absolute atomic E-state index is 0.535. The molecule has 1 saturated heterocycles. The van der Waals surface area contributed by atoms with Gasteiger partial charge in [-0.2, -0.15) is 0 Å². The van der Waals surface area contributed by atoms with Crippen molar-refractivity contribution in [1.29, 1.82) is 0 Å². The Kier molecular flexibility index (Phi) is 4.45. The lowest BCUT2D eigenvalue weighted by molar-refractivity contribution is 0.122. The highest BCUT2D eigenvalue weighted by Crippen LogP contribution is 2.30. The Balaban J connectivity index is 1.82. The molecule has 1 aliphatic rings. The van der Waals surface area contributed by atoms with E-state index >= 15 is 0 Å². The van der Waals surface area contributed by atoms with Gasteiger partial charge in [0.15, 0.2) is 0 Å². The van der Waals surface area contributed by atoms with E-state index in [9.17, 15) is 0 Å². The molecule has 0 bridgehead atoms. The van der Waals surface area contributed by atoms with Crippen LogP contribution in [0.3, 0.4) is 0 Å². The maximum atomic E-state index is 6.15. The minimum atomic E-state index is 0.535. The van der Waals surface area contributed by atoms with Crippen molar-refractivity contribution in [2.75, 3.05) is 31.2 Å². The summed E-state index contributed by atoms with van der Waals surface area (Å²) in [5, 5.41) is 1.46. The van der Waals surface area contributed by atoms with Crippen LogP contribution in [-0.4, -0.2) is 31.3 Å². The fourth-order valence-corrected chi connectivity index (χ4v) is 3.24. The molecule has 0 radical (unpaired) electrons. The first kappa shape index (κ1) is 13.7. The number of hydrogen-bond acceptors (Lipinski definition) is 4. The van der Waals surface area contributed by atoms with E-state index in [1.807, 2.05) is 24.3 Å². The molecule has 3 nitrogen and oxygen atoms in total. The van der Waals surface area contributed by atoms with Crippen molar-refractivity contribution in [3.63, 3.8) is 0 Å². The van der Waals surface area contributed by atoms with Gasteiger partial charge in [0.2, 0.25) is 0 Å². The van der Waals surface area contributed by atoms with E-state index in [1.54, 1.807) is 11.8 Å². The number of morpholine rings is 1. The average Bonchev–Trinajstić information content (AvgIpc) is 2.49. The van der Waals surface area contributed by atoms with Gasteiger partial charge in [-0.3, -0.25) is 0 Å². The second-order valence-corrected chi connectivity index (χ2v) is 5.98. The van der Waals surface area contributed by atoms with Crippen LogP contribution in [0.5, 0.6) is 0 Å². The summed E-state index contributed by atoms with van der Waals surface area (Å²) >= 11 is 7.78. The molecule has 5 heteroatoms. The van der Waals surface area contributed by atoms with E-state index in [2.05, 4.69) is 28.1 Å². The van der Waals surface area contributed by atoms with Crippen molar-refractivity contribution in [2.45, 2.75) is 9.92 Å². The second-order valence-electron chi connectivity index (χ2n) is 4.50. The van der Waals surface area contributed by atoms with Crippen LogP contribution < -0.4 is 4.90 Å². The van der Waals surface area contributed by atoms with Crippen molar-refractivity contribution in [2.24, 2.45) is 0 Å². The number of aromatic nitrogens is 1. The van der Waals surface area contributed by atoms with Crippen LogP contribution in [0.4, 0.5) is 5.69 Å². The van der Waals surface area contributed by atoms with E-state index in [0.29, 0.717) is 5.15 Å². The first-order chi connectivity index (χ1) is 9.81. The summed E-state index contributed by atoms with van der Waals surface area (Å²) < 4.78 is 5.38. The largest absolute Gasteiger partial charge is 0.378 e. The third kappa shape index (κ3) is 3.45. The summed E-state index contributed by atoms with van der Waals surface area (Å²) in [7, 11) is 0. The average molecular weight is 307 g/mol. The Morgan fingerprint density at radius 3 is 2.60 bits per heavy atom. The maximum absolute atomic E-state index is 6.15. The summed E-state index contributed by atoms with van der Waals surface area (Å²) in [5.41, 5.74) is 1.12. The van der Waals surface area contributed by atoms with Crippen molar-refractivity contribution in [3.8, 4) is 0 Å². The fourth-order valence-electron chi connectivity index (χ4n) is 2.13. The first-order valence-corrected chi connectivity index (χ1v) is 7.74. The normalized spacial score (nSPS) is 15.3. The molecule has 0 unspecified atom stereocenters. The topological polar surface area (TPSA) is 25.4 Å². The third-order valence-corrected chi connectivity index (χ3v) is 4.22. The Morgan fingerprint density at radius 2 is 1.85 bits per heavy atom. The zero-order valence-electron chi connectivity index (χ0n) is 11.0. The molecule has 1 fully saturated rings. The zero-order valence-corrected chi connectivity index (χ0v) is 12.5. The number of pyridine rings is 1. The lowest BCUT2D eigenvalue weighted by atomic mass is 10.3. The molecule has 0 aliphatic carbocycles. The van der Waals surface area contributed by atoms with E-state index in [0.717, 1.165) is 41.9 Å². The Labute approximate surface area is 127 Å². The molecule has 2 aromatic rings. The molecule has 1 aromatic heterocycles. The standard InChI is InChI=1S/C15H15ClN2OS/c16-14-10-12(18-6-8-19-9-7-18)11-15(17-14)20-13-4-2-1-3-5-13/h1-5,10-11H,6-9H2. The molecule has 1 aliphatic heterocycles. The molecule has 3 rings (SSSR count). The van der Waals surface area contributed by atoms with E-state index in [1.165, 1.54) is 0 Å². The number of ether oxygens (including phenoxy) is 1. The lowest BCUT2D eigenvalue weighted by Gasteiger charge is -2.29. The van der Waals surface area contributed by atoms with Crippen molar-refractivity contribution in [3.05, 3.63) is 47.6 Å². The van der Waals surface area contributed by atoms with Gasteiger partial charge < -0.3 is 9.64 Å². The number of hydrogen-bond donors (Lipinski definition) is 0. The highest BCUT2D eigenvalue weighted by molar-refractivity contribution is 7.99. The van der Waals surface area contributed by atoms with Gasteiger partial charge in [0.25, 0.3) is 0 Å². The first-order valence-electron chi connectivity index (χ1n) is 6.54. The fraction of sp³-hybridized carbons (Fsp3) is 0.267. The highest BCUT2D eigenvalue weighted by Gasteiger charge is 2.13. The van der Waals surface area contributed by atoms with Gasteiger partial charge >= 0.3 is 0 Å². The summed E-state index contributed by atoms with van der Waals surface area (Å²) in [4.78, 5) is 7.84. The Hall–Kier alpha value is -1.23. The maximum Gasteiger partial charge on any atom is 0.132 e. The van der Waals surface area contributed by atoms with E-state index in [-0.39, 0.29) is 0 Å². The molecule has 0 atom stereocenters. The molecule has 0 spiro atoms. The van der Waals surface area contributed by atoms with Gasteiger partial charge in [-0.15, -0.1) is 0 Å². The monoisotopic (exact) mass is 306 g/mol. The highest BCUT2D eigenvalue weighted by atomic mass is 35.5. The Bertz CT molecular complexity index is 573. The van der Waals surface area contributed by atoms with Crippen LogP contribution in [0.1, 0.15) is 0 Å². The molecular weight excluding hydrogens is 292 g/mol. The SMILES string of the molecule is Clc1cc(N2CCOCC2)cc(Sc2ccccc2)n1. The smallest absolute Gasteiger partial charge is 0.132 e. The minimum Gasteiger partial charge on any atom is -0.378 e. The molecule has 104 valence electrons. The van der Waals surface area contributed by atoms with Crippen molar-refractivity contribution in [1.82, 2.24) is 4.98 Å². The molecule has 1 aromatic carbocycles. The number of rotatable bonds is 3. The number of halogens is 1. The molecule has 20 heavy (non-hydrogen) atoms. The number of nitrogens with zero attached hydrogens (tertiary/aromatic N) is 2. The molecule has 2 heterocycles. The van der Waals surface area contributed by atoms with E-state index < -0.39 is 0 Å². The van der Waals surface area contributed by atoms with Gasteiger partial charge in [-0.05, 0) is 24.3 Å². The van der Waals surface area contributed by atoms with Crippen LogP contribution in [0.15, 0.2) is 52.4 Å². The number of anilines is 1. The van der Waals surface area contributed by atoms with Gasteiger partial charge in [-0.1, -0.05) is 41.6 Å². The quantitative estimate of drug-likeness (QED) is 0.807. The molecule has 0 saturated carbocycles. The zero-order chi connectivity index (χ0) is 13.8. The Morgan fingerprint density at radius 1 is 1.10 bits per heavy atom. The van der Waals surface area contributed by atoms with Gasteiger partial charge in [0, 0.05) is 23.7 Å². The summed E-state index contributed by atoms with van der Waals surface area (Å²) in [6.07, 6.45) is 0. The molecule has 0 N–H and O–H groups in total. The van der Waals surface area contributed by atoms with Gasteiger partial charge in [0.05, 0.1) is 13.2 Å². The number of benzene rings is 1. The lowest BCUT2D eigenvalue weighted by Crippen LogP contribution is -2.36. The van der Waals surface area contributed by atoms with Crippen molar-refractivity contribution < 1.29 is 4.74 Å². The van der Waals surface area contributed by atoms with Crippen LogP contribution in [0.25, 0.3) is 0 Å². The predicted molar refractivity (Wildman–Crippen MR) is 82.8 cm³/mol. The summed E-state index contributed by atoms with van der Waals surface area (Å²) in [5.74, 6) is 0. The van der Waals surface area contributed by atoms with Crippen LogP contribution in [0.2, 0.25) is 5.15 Å².